The van der Waals surface area contributed by atoms with Gasteiger partial charge < -0.3 is 14.5 Å². The van der Waals surface area contributed by atoms with Crippen LogP contribution >= 0.6 is 0 Å². The molecule has 0 bridgehead atoms. The van der Waals surface area contributed by atoms with Gasteiger partial charge in [-0.15, -0.1) is 0 Å². The van der Waals surface area contributed by atoms with Crippen LogP contribution in [0.2, 0.25) is 0 Å². The number of aromatic amines is 1. The Morgan fingerprint density at radius 2 is 2.00 bits per heavy atom. The number of amides is 2. The van der Waals surface area contributed by atoms with Gasteiger partial charge in [-0.3, -0.25) is 5.10 Å². The van der Waals surface area contributed by atoms with Gasteiger partial charge in [0.05, 0.1) is 6.20 Å². The number of carbonyl (C=O) groups excluding carboxylic acids is 1. The third kappa shape index (κ3) is 3.46. The molecule has 0 aromatic carbocycles. The molecule has 2 saturated heterocycles. The fourth-order valence-corrected chi connectivity index (χ4v) is 4.73. The Kier molecular flexibility index (Phi) is 4.37. The number of hydrogen-bond donors (Lipinski definition) is 1. The summed E-state index contributed by atoms with van der Waals surface area (Å²) in [5.74, 6) is 1.36. The molecule has 30 heavy (non-hydrogen) atoms. The Labute approximate surface area is 170 Å². The second-order valence-corrected chi connectivity index (χ2v) is 8.47. The molecule has 3 fully saturated rings. The summed E-state index contributed by atoms with van der Waals surface area (Å²) >= 11 is 0. The SMILES string of the molecule is O=C(N1CC[C@H](c2ncn[nH]2)C1)N1CC2(CC(Oc3ccc(C(F)(F)F)nc3)C2)C1. The number of ether oxygens (including phenoxy) is 1. The second-order valence-electron chi connectivity index (χ2n) is 8.47. The predicted octanol–water partition coefficient (Wildman–Crippen LogP) is 2.67. The number of nitrogens with one attached hydrogen (secondary N) is 1. The Balaban J connectivity index is 1.08. The first-order valence-corrected chi connectivity index (χ1v) is 9.90. The van der Waals surface area contributed by atoms with Crippen LogP contribution in [0.1, 0.15) is 36.7 Å². The van der Waals surface area contributed by atoms with Crippen LogP contribution < -0.4 is 4.74 Å². The zero-order valence-corrected chi connectivity index (χ0v) is 16.1. The van der Waals surface area contributed by atoms with E-state index in [2.05, 4.69) is 20.2 Å². The average Bonchev–Trinajstić information content (AvgIpc) is 3.33. The molecule has 1 atom stereocenters. The minimum absolute atomic E-state index is 0.0524. The molecule has 1 N–H and O–H groups in total. The topological polar surface area (TPSA) is 87.2 Å². The van der Waals surface area contributed by atoms with Crippen LogP contribution in [0.5, 0.6) is 5.75 Å². The molecular weight excluding hydrogens is 401 g/mol. The van der Waals surface area contributed by atoms with Crippen LogP contribution in [0.4, 0.5) is 18.0 Å². The van der Waals surface area contributed by atoms with E-state index in [0.29, 0.717) is 31.9 Å². The van der Waals surface area contributed by atoms with E-state index in [9.17, 15) is 18.0 Å². The van der Waals surface area contributed by atoms with Crippen molar-refractivity contribution in [3.8, 4) is 5.75 Å². The molecule has 3 aliphatic rings. The highest BCUT2D eigenvalue weighted by Crippen LogP contribution is 2.50. The van der Waals surface area contributed by atoms with Gasteiger partial charge in [-0.05, 0) is 31.4 Å². The number of likely N-dealkylation sites (tertiary alicyclic amines) is 2. The van der Waals surface area contributed by atoms with Crippen molar-refractivity contribution in [2.75, 3.05) is 26.2 Å². The van der Waals surface area contributed by atoms with E-state index in [1.54, 1.807) is 0 Å². The van der Waals surface area contributed by atoms with Crippen LogP contribution in [0.25, 0.3) is 0 Å². The molecule has 2 aliphatic heterocycles. The number of carbonyl (C=O) groups is 1. The predicted molar refractivity (Wildman–Crippen MR) is 97.6 cm³/mol. The number of aromatic nitrogens is 4. The molecule has 1 aliphatic carbocycles. The zero-order chi connectivity index (χ0) is 20.9. The normalized spacial score (nSPS) is 23.4. The highest BCUT2D eigenvalue weighted by Gasteiger charge is 2.55. The maximum atomic E-state index is 12.7. The van der Waals surface area contributed by atoms with Crippen molar-refractivity contribution in [1.82, 2.24) is 30.0 Å². The molecule has 5 rings (SSSR count). The Morgan fingerprint density at radius 3 is 2.63 bits per heavy atom. The van der Waals surface area contributed by atoms with Crippen molar-refractivity contribution in [3.63, 3.8) is 0 Å². The molecule has 0 unspecified atom stereocenters. The summed E-state index contributed by atoms with van der Waals surface area (Å²) in [4.78, 5) is 24.1. The smallest absolute Gasteiger partial charge is 0.433 e. The Hall–Kier alpha value is -2.85. The van der Waals surface area contributed by atoms with E-state index in [1.807, 2.05) is 9.80 Å². The summed E-state index contributed by atoms with van der Waals surface area (Å²) in [6.07, 6.45) is 0.542. The minimum atomic E-state index is -4.45. The summed E-state index contributed by atoms with van der Waals surface area (Å²) < 4.78 is 43.5. The lowest BCUT2D eigenvalue weighted by atomic mass is 9.62. The molecule has 2 aromatic rings. The Morgan fingerprint density at radius 1 is 1.20 bits per heavy atom. The summed E-state index contributed by atoms with van der Waals surface area (Å²) in [6, 6.07) is 2.28. The molecule has 2 amide bonds. The van der Waals surface area contributed by atoms with Gasteiger partial charge in [-0.2, -0.15) is 18.3 Å². The third-order valence-electron chi connectivity index (χ3n) is 6.25. The quantitative estimate of drug-likeness (QED) is 0.822. The highest BCUT2D eigenvalue weighted by molar-refractivity contribution is 5.76. The molecule has 2 aromatic heterocycles. The molecule has 1 spiro atoms. The minimum Gasteiger partial charge on any atom is -0.489 e. The van der Waals surface area contributed by atoms with Crippen molar-refractivity contribution >= 4 is 6.03 Å². The molecular formula is C19H21F3N6O2. The standard InChI is InChI=1S/C19H21F3N6O2/c20-19(21,22)15-2-1-13(7-23-15)30-14-5-18(6-14)9-28(10-18)17(29)27-4-3-12(8-27)16-24-11-25-26-16/h1-2,7,11-12,14H,3-6,8-10H2,(H,24,25,26)/t12-/m0/s1. The monoisotopic (exact) mass is 422 g/mol. The number of nitrogens with zero attached hydrogens (tertiary/aromatic N) is 5. The first-order chi connectivity index (χ1) is 14.3. The van der Waals surface area contributed by atoms with Crippen molar-refractivity contribution in [2.24, 2.45) is 5.41 Å². The summed E-state index contributed by atoms with van der Waals surface area (Å²) in [6.45, 7) is 2.74. The summed E-state index contributed by atoms with van der Waals surface area (Å²) in [5, 5.41) is 6.75. The number of pyridine rings is 1. The van der Waals surface area contributed by atoms with Crippen LogP contribution in [0, 0.1) is 5.41 Å². The van der Waals surface area contributed by atoms with Gasteiger partial charge >= 0.3 is 12.2 Å². The lowest BCUT2D eigenvalue weighted by Crippen LogP contribution is -2.67. The van der Waals surface area contributed by atoms with Gasteiger partial charge in [0, 0.05) is 37.5 Å². The summed E-state index contributed by atoms with van der Waals surface area (Å²) in [5.41, 5.74) is -0.857. The lowest BCUT2D eigenvalue weighted by Gasteiger charge is -2.58. The van der Waals surface area contributed by atoms with Crippen LogP contribution in [-0.4, -0.2) is 68.3 Å². The first kappa shape index (κ1) is 19.1. The number of alkyl halides is 3. The highest BCUT2D eigenvalue weighted by atomic mass is 19.4. The van der Waals surface area contributed by atoms with Crippen molar-refractivity contribution in [2.45, 2.75) is 37.5 Å². The van der Waals surface area contributed by atoms with Gasteiger partial charge in [0.15, 0.2) is 0 Å². The van der Waals surface area contributed by atoms with Crippen molar-refractivity contribution < 1.29 is 22.7 Å². The lowest BCUT2D eigenvalue weighted by molar-refractivity contribution is -0.141. The maximum Gasteiger partial charge on any atom is 0.433 e. The number of H-pyrrole nitrogens is 1. The molecule has 160 valence electrons. The van der Waals surface area contributed by atoms with E-state index in [-0.39, 0.29) is 23.5 Å². The molecule has 11 heteroatoms. The number of hydrogen-bond acceptors (Lipinski definition) is 5. The number of rotatable bonds is 3. The first-order valence-electron chi connectivity index (χ1n) is 9.90. The fourth-order valence-electron chi connectivity index (χ4n) is 4.73. The second kappa shape index (κ2) is 6.85. The van der Waals surface area contributed by atoms with Gasteiger partial charge in [-0.1, -0.05) is 0 Å². The zero-order valence-electron chi connectivity index (χ0n) is 16.1. The van der Waals surface area contributed by atoms with E-state index in [0.717, 1.165) is 37.4 Å². The average molecular weight is 422 g/mol. The van der Waals surface area contributed by atoms with Crippen LogP contribution in [0.3, 0.4) is 0 Å². The van der Waals surface area contributed by atoms with Gasteiger partial charge in [-0.25, -0.2) is 14.8 Å². The van der Waals surface area contributed by atoms with E-state index >= 15 is 0 Å². The number of urea groups is 1. The van der Waals surface area contributed by atoms with E-state index < -0.39 is 11.9 Å². The molecule has 4 heterocycles. The maximum absolute atomic E-state index is 12.7. The fraction of sp³-hybridized carbons (Fsp3) is 0.579. The van der Waals surface area contributed by atoms with Crippen LogP contribution in [0.15, 0.2) is 24.7 Å². The van der Waals surface area contributed by atoms with Gasteiger partial charge in [0.25, 0.3) is 0 Å². The van der Waals surface area contributed by atoms with Crippen molar-refractivity contribution in [3.05, 3.63) is 36.2 Å². The molecule has 0 radical (unpaired) electrons. The third-order valence-corrected chi connectivity index (χ3v) is 6.25. The molecule has 1 saturated carbocycles. The summed E-state index contributed by atoms with van der Waals surface area (Å²) in [7, 11) is 0. The van der Waals surface area contributed by atoms with Crippen LogP contribution in [-0.2, 0) is 6.18 Å². The number of halogens is 3. The van der Waals surface area contributed by atoms with Crippen molar-refractivity contribution in [1.29, 1.82) is 0 Å². The van der Waals surface area contributed by atoms with E-state index in [4.69, 9.17) is 4.74 Å². The Bertz CT molecular complexity index is 903. The largest absolute Gasteiger partial charge is 0.489 e. The van der Waals surface area contributed by atoms with Gasteiger partial charge in [0.1, 0.15) is 29.7 Å². The van der Waals surface area contributed by atoms with E-state index in [1.165, 1.54) is 12.4 Å². The van der Waals surface area contributed by atoms with Gasteiger partial charge in [0.2, 0.25) is 0 Å². The molecule has 8 nitrogen and oxygen atoms in total.